The van der Waals surface area contributed by atoms with Gasteiger partial charge in [0.05, 0.1) is 10.5 Å². The average Bonchev–Trinajstić information content (AvgIpc) is 2.18. The Morgan fingerprint density at radius 3 is 2.59 bits per heavy atom. The number of ether oxygens (including phenoxy) is 1. The van der Waals surface area contributed by atoms with E-state index in [1.165, 1.54) is 22.6 Å². The van der Waals surface area contributed by atoms with E-state index < -0.39 is 22.7 Å². The van der Waals surface area contributed by atoms with E-state index >= 15 is 0 Å². The number of hydrogen-bond donors (Lipinski definition) is 0. The Morgan fingerprint density at radius 1 is 1.59 bits per heavy atom. The molecule has 0 atom stereocenters. The van der Waals surface area contributed by atoms with E-state index in [9.17, 15) is 23.3 Å². The van der Waals surface area contributed by atoms with Crippen LogP contribution in [0, 0.1) is 13.8 Å². The molecule has 94 valence electrons. The maximum absolute atomic E-state index is 12.1. The Hall–Kier alpha value is -0.650. The summed E-state index contributed by atoms with van der Waals surface area (Å²) in [5, 5.41) is 10.7. The third kappa shape index (κ3) is 3.66. The fourth-order valence-corrected chi connectivity index (χ4v) is 1.92. The van der Waals surface area contributed by atoms with Crippen molar-refractivity contribution in [3.05, 3.63) is 25.6 Å². The van der Waals surface area contributed by atoms with Crippen LogP contribution in [0.5, 0.6) is 5.75 Å². The first kappa shape index (κ1) is 14.4. The minimum atomic E-state index is -5.00. The number of halogens is 5. The first-order chi connectivity index (χ1) is 7.76. The Bertz CT molecular complexity index is 455. The van der Waals surface area contributed by atoms with Gasteiger partial charge >= 0.3 is 12.0 Å². The standard InChI is InChI=1S/C7H3BrF3IN2O3/c8-1-3-2-13-6(12)5(4(3)14(15)16)17-7(9,10)11/h2H,1H2. The van der Waals surface area contributed by atoms with Gasteiger partial charge in [-0.05, 0) is 22.6 Å². The highest BCUT2D eigenvalue weighted by atomic mass is 127. The van der Waals surface area contributed by atoms with Crippen molar-refractivity contribution in [2.45, 2.75) is 11.7 Å². The van der Waals surface area contributed by atoms with Crippen molar-refractivity contribution in [1.29, 1.82) is 0 Å². The van der Waals surface area contributed by atoms with E-state index in [1.54, 1.807) is 0 Å². The maximum atomic E-state index is 12.1. The monoisotopic (exact) mass is 426 g/mol. The predicted molar refractivity (Wildman–Crippen MR) is 62.9 cm³/mol. The Morgan fingerprint density at radius 2 is 2.18 bits per heavy atom. The molecule has 0 aliphatic rings. The molecule has 0 saturated carbocycles. The van der Waals surface area contributed by atoms with Crippen molar-refractivity contribution >= 4 is 44.2 Å². The van der Waals surface area contributed by atoms with Crippen molar-refractivity contribution in [2.24, 2.45) is 0 Å². The van der Waals surface area contributed by atoms with Crippen molar-refractivity contribution in [1.82, 2.24) is 4.98 Å². The summed E-state index contributed by atoms with van der Waals surface area (Å²) in [5.74, 6) is -0.889. The molecule has 0 aliphatic heterocycles. The molecule has 1 heterocycles. The molecule has 10 heteroatoms. The van der Waals surface area contributed by atoms with Crippen LogP contribution in [-0.2, 0) is 5.33 Å². The lowest BCUT2D eigenvalue weighted by Gasteiger charge is -2.11. The van der Waals surface area contributed by atoms with E-state index in [0.717, 1.165) is 6.20 Å². The van der Waals surface area contributed by atoms with E-state index in [1.807, 2.05) is 0 Å². The van der Waals surface area contributed by atoms with Gasteiger partial charge in [-0.3, -0.25) is 10.1 Å². The smallest absolute Gasteiger partial charge is 0.396 e. The summed E-state index contributed by atoms with van der Waals surface area (Å²) in [7, 11) is 0. The van der Waals surface area contributed by atoms with Gasteiger partial charge in [0, 0.05) is 11.5 Å². The normalized spacial score (nSPS) is 11.4. The second-order valence-corrected chi connectivity index (χ2v) is 4.27. The molecule has 0 amide bonds. The summed E-state index contributed by atoms with van der Waals surface area (Å²) in [6, 6.07) is 0. The van der Waals surface area contributed by atoms with E-state index in [2.05, 4.69) is 25.7 Å². The molecule has 0 bridgehead atoms. The minimum absolute atomic E-state index is 0.00144. The van der Waals surface area contributed by atoms with Crippen LogP contribution in [0.1, 0.15) is 5.56 Å². The molecule has 1 rings (SSSR count). The molecule has 0 spiro atoms. The number of aromatic nitrogens is 1. The van der Waals surface area contributed by atoms with Gasteiger partial charge < -0.3 is 4.74 Å². The molecule has 0 radical (unpaired) electrons. The van der Waals surface area contributed by atoms with Crippen LogP contribution in [0.4, 0.5) is 18.9 Å². The fraction of sp³-hybridized carbons (Fsp3) is 0.286. The molecule has 0 aromatic carbocycles. The van der Waals surface area contributed by atoms with Crippen molar-refractivity contribution in [2.75, 3.05) is 0 Å². The lowest BCUT2D eigenvalue weighted by atomic mass is 10.2. The van der Waals surface area contributed by atoms with Gasteiger partial charge in [-0.1, -0.05) is 15.9 Å². The summed E-state index contributed by atoms with van der Waals surface area (Å²) < 4.78 is 39.7. The predicted octanol–water partition coefficient (Wildman–Crippen LogP) is 3.39. The van der Waals surface area contributed by atoms with Gasteiger partial charge in [0.1, 0.15) is 0 Å². The zero-order chi connectivity index (χ0) is 13.2. The number of nitrogens with zero attached hydrogens (tertiary/aromatic N) is 2. The molecule has 1 aromatic rings. The van der Waals surface area contributed by atoms with Gasteiger partial charge in [-0.2, -0.15) is 0 Å². The van der Waals surface area contributed by atoms with Crippen molar-refractivity contribution < 1.29 is 22.8 Å². The summed E-state index contributed by atoms with van der Waals surface area (Å²) >= 11 is 4.37. The van der Waals surface area contributed by atoms with Crippen LogP contribution in [0.2, 0.25) is 0 Å². The summed E-state index contributed by atoms with van der Waals surface area (Å²) in [6.07, 6.45) is -3.88. The van der Waals surface area contributed by atoms with Gasteiger partial charge in [-0.15, -0.1) is 13.2 Å². The molecular formula is C7H3BrF3IN2O3. The average molecular weight is 427 g/mol. The Labute approximate surface area is 115 Å². The summed E-state index contributed by atoms with van der Waals surface area (Å²) in [6.45, 7) is 0. The SMILES string of the molecule is O=[N+]([O-])c1c(CBr)cnc(I)c1OC(F)(F)F. The first-order valence-electron chi connectivity index (χ1n) is 3.89. The summed E-state index contributed by atoms with van der Waals surface area (Å²) in [4.78, 5) is 13.4. The van der Waals surface area contributed by atoms with Crippen LogP contribution < -0.4 is 4.74 Å². The lowest BCUT2D eigenvalue weighted by molar-refractivity contribution is -0.389. The van der Waals surface area contributed by atoms with Crippen LogP contribution in [0.3, 0.4) is 0 Å². The van der Waals surface area contributed by atoms with Crippen molar-refractivity contribution in [3.63, 3.8) is 0 Å². The van der Waals surface area contributed by atoms with Crippen LogP contribution in [0.15, 0.2) is 6.20 Å². The van der Waals surface area contributed by atoms with Gasteiger partial charge in [0.2, 0.25) is 5.75 Å². The third-order valence-electron chi connectivity index (χ3n) is 1.58. The van der Waals surface area contributed by atoms with Gasteiger partial charge in [-0.25, -0.2) is 4.98 Å². The molecule has 17 heavy (non-hydrogen) atoms. The highest BCUT2D eigenvalue weighted by molar-refractivity contribution is 14.1. The van der Waals surface area contributed by atoms with E-state index in [4.69, 9.17) is 0 Å². The number of rotatable bonds is 3. The highest BCUT2D eigenvalue weighted by Gasteiger charge is 2.37. The van der Waals surface area contributed by atoms with Crippen LogP contribution in [0.25, 0.3) is 0 Å². The minimum Gasteiger partial charge on any atom is -0.396 e. The lowest BCUT2D eigenvalue weighted by Crippen LogP contribution is -2.19. The topological polar surface area (TPSA) is 65.3 Å². The molecule has 0 saturated heterocycles. The molecular weight excluding hydrogens is 424 g/mol. The van der Waals surface area contributed by atoms with E-state index in [-0.39, 0.29) is 14.6 Å². The molecule has 0 aliphatic carbocycles. The van der Waals surface area contributed by atoms with Gasteiger partial charge in [0.15, 0.2) is 3.70 Å². The van der Waals surface area contributed by atoms with Crippen LogP contribution in [-0.4, -0.2) is 16.3 Å². The number of hydrogen-bond acceptors (Lipinski definition) is 4. The molecule has 0 N–H and O–H groups in total. The fourth-order valence-electron chi connectivity index (χ4n) is 1.00. The highest BCUT2D eigenvalue weighted by Crippen LogP contribution is 2.38. The van der Waals surface area contributed by atoms with E-state index in [0.29, 0.717) is 0 Å². The molecule has 1 aromatic heterocycles. The first-order valence-corrected chi connectivity index (χ1v) is 6.09. The third-order valence-corrected chi connectivity index (χ3v) is 2.96. The zero-order valence-corrected chi connectivity index (χ0v) is 11.5. The molecule has 5 nitrogen and oxygen atoms in total. The van der Waals surface area contributed by atoms with Crippen molar-refractivity contribution in [3.8, 4) is 5.75 Å². The Balaban J connectivity index is 3.39. The molecule has 0 unspecified atom stereocenters. The Kier molecular flexibility index (Phi) is 4.52. The summed E-state index contributed by atoms with van der Waals surface area (Å²) in [5.41, 5.74) is -0.728. The quantitative estimate of drug-likeness (QED) is 0.244. The van der Waals surface area contributed by atoms with Crippen LogP contribution >= 0.6 is 38.5 Å². The largest absolute Gasteiger partial charge is 0.573 e. The maximum Gasteiger partial charge on any atom is 0.573 e. The van der Waals surface area contributed by atoms with Gasteiger partial charge in [0.25, 0.3) is 0 Å². The number of alkyl halides is 4. The second-order valence-electron chi connectivity index (χ2n) is 2.69. The second kappa shape index (κ2) is 5.33. The zero-order valence-electron chi connectivity index (χ0n) is 7.79. The number of nitro groups is 1. The number of pyridine rings is 1. The molecule has 0 fully saturated rings.